The number of aryl methyl sites for hydroxylation is 3. The molecule has 7 nitrogen and oxygen atoms in total. The second kappa shape index (κ2) is 6.87. The molecule has 1 saturated heterocycles. The number of fused-ring (bicyclic) bond motifs is 1. The van der Waals surface area contributed by atoms with Gasteiger partial charge in [-0.25, -0.2) is 4.98 Å². The Labute approximate surface area is 153 Å². The van der Waals surface area contributed by atoms with E-state index in [4.69, 9.17) is 9.26 Å². The molecule has 1 aliphatic heterocycles. The van der Waals surface area contributed by atoms with Gasteiger partial charge in [-0.05, 0) is 33.1 Å². The standard InChI is InChI=1S/C19H26N4O3/c1-11-12(2)21-18(20-11)15-9-13(25-3)10-23(15)19(24)17-14-7-5-4-6-8-16(14)26-22-17/h13,15H,4-10H2,1-3H3,(H,20,21)/t13-,15+/m1/s1. The van der Waals surface area contributed by atoms with Crippen LogP contribution in [0.2, 0.25) is 0 Å². The highest BCUT2D eigenvalue weighted by Crippen LogP contribution is 2.35. The summed E-state index contributed by atoms with van der Waals surface area (Å²) in [6.45, 7) is 4.51. The number of aromatic amines is 1. The number of nitrogens with zero attached hydrogens (tertiary/aromatic N) is 3. The Kier molecular flexibility index (Phi) is 4.56. The summed E-state index contributed by atoms with van der Waals surface area (Å²) in [7, 11) is 1.69. The molecule has 2 aromatic rings. The monoisotopic (exact) mass is 358 g/mol. The van der Waals surface area contributed by atoms with Gasteiger partial charge in [0.2, 0.25) is 0 Å². The SMILES string of the molecule is CO[C@@H]1C[C@@H](c2nc(C)c(C)[nH]2)N(C(=O)c2noc3c2CCCCC3)C1. The van der Waals surface area contributed by atoms with Crippen LogP contribution in [-0.4, -0.2) is 45.7 Å². The highest BCUT2D eigenvalue weighted by Gasteiger charge is 2.40. The second-order valence-electron chi connectivity index (χ2n) is 7.39. The van der Waals surface area contributed by atoms with E-state index in [9.17, 15) is 4.79 Å². The summed E-state index contributed by atoms with van der Waals surface area (Å²) in [6, 6.07) is -0.127. The number of hydrogen-bond donors (Lipinski definition) is 1. The molecular weight excluding hydrogens is 332 g/mol. The number of methoxy groups -OCH3 is 1. The summed E-state index contributed by atoms with van der Waals surface area (Å²) in [4.78, 5) is 23.1. The van der Waals surface area contributed by atoms with Gasteiger partial charge in [-0.2, -0.15) is 0 Å². The normalized spacial score (nSPS) is 23.1. The lowest BCUT2D eigenvalue weighted by atomic mass is 10.1. The number of H-pyrrole nitrogens is 1. The van der Waals surface area contributed by atoms with E-state index >= 15 is 0 Å². The maximum absolute atomic E-state index is 13.3. The molecule has 1 fully saturated rings. The van der Waals surface area contributed by atoms with Crippen LogP contribution in [0, 0.1) is 13.8 Å². The van der Waals surface area contributed by atoms with Gasteiger partial charge in [-0.1, -0.05) is 11.6 Å². The molecule has 0 radical (unpaired) electrons. The Bertz CT molecular complexity index is 790. The van der Waals surface area contributed by atoms with E-state index in [1.807, 2.05) is 18.7 Å². The summed E-state index contributed by atoms with van der Waals surface area (Å²) in [6.07, 6.45) is 5.81. The van der Waals surface area contributed by atoms with Crippen molar-refractivity contribution in [1.29, 1.82) is 0 Å². The molecule has 0 aromatic carbocycles. The number of aromatic nitrogens is 3. The van der Waals surface area contributed by atoms with Gasteiger partial charge < -0.3 is 19.1 Å². The third kappa shape index (κ3) is 2.94. The number of hydrogen-bond acceptors (Lipinski definition) is 5. The number of likely N-dealkylation sites (tertiary alicyclic amines) is 1. The van der Waals surface area contributed by atoms with Gasteiger partial charge in [0.15, 0.2) is 5.69 Å². The molecule has 0 saturated carbocycles. The highest BCUT2D eigenvalue weighted by molar-refractivity contribution is 5.94. The van der Waals surface area contributed by atoms with Crippen molar-refractivity contribution in [2.24, 2.45) is 0 Å². The first kappa shape index (κ1) is 17.3. The van der Waals surface area contributed by atoms with Crippen LogP contribution in [0.15, 0.2) is 4.52 Å². The first-order valence-corrected chi connectivity index (χ1v) is 9.42. The van der Waals surface area contributed by atoms with Crippen LogP contribution in [0.25, 0.3) is 0 Å². The van der Waals surface area contributed by atoms with Gasteiger partial charge in [0, 0.05) is 37.8 Å². The summed E-state index contributed by atoms with van der Waals surface area (Å²) >= 11 is 0. The highest BCUT2D eigenvalue weighted by atomic mass is 16.5. The second-order valence-corrected chi connectivity index (χ2v) is 7.39. The fourth-order valence-electron chi connectivity index (χ4n) is 4.05. The molecule has 2 aromatic heterocycles. The molecule has 0 unspecified atom stereocenters. The van der Waals surface area contributed by atoms with E-state index in [0.29, 0.717) is 12.2 Å². The molecule has 140 valence electrons. The summed E-state index contributed by atoms with van der Waals surface area (Å²) in [5, 5.41) is 4.15. The van der Waals surface area contributed by atoms with Gasteiger partial charge in [0.1, 0.15) is 11.6 Å². The lowest BCUT2D eigenvalue weighted by Crippen LogP contribution is -2.33. The molecule has 0 bridgehead atoms. The zero-order valence-electron chi connectivity index (χ0n) is 15.7. The maximum Gasteiger partial charge on any atom is 0.277 e. The topological polar surface area (TPSA) is 84.2 Å². The van der Waals surface area contributed by atoms with Gasteiger partial charge in [0.05, 0.1) is 17.8 Å². The predicted molar refractivity (Wildman–Crippen MR) is 95.0 cm³/mol. The summed E-state index contributed by atoms with van der Waals surface area (Å²) in [5.41, 5.74) is 3.47. The number of ether oxygens (including phenoxy) is 1. The van der Waals surface area contributed by atoms with Crippen LogP contribution in [0.3, 0.4) is 0 Å². The van der Waals surface area contributed by atoms with Gasteiger partial charge >= 0.3 is 0 Å². The third-order valence-corrected chi connectivity index (χ3v) is 5.72. The van der Waals surface area contributed by atoms with Crippen molar-refractivity contribution in [3.8, 4) is 0 Å². The smallest absolute Gasteiger partial charge is 0.277 e. The van der Waals surface area contributed by atoms with E-state index in [1.165, 1.54) is 6.42 Å². The average Bonchev–Trinajstić information content (AvgIpc) is 3.28. The molecule has 3 heterocycles. The zero-order chi connectivity index (χ0) is 18.3. The molecule has 2 atom stereocenters. The largest absolute Gasteiger partial charge is 0.380 e. The summed E-state index contributed by atoms with van der Waals surface area (Å²) in [5.74, 6) is 1.63. The quantitative estimate of drug-likeness (QED) is 0.853. The third-order valence-electron chi connectivity index (χ3n) is 5.72. The van der Waals surface area contributed by atoms with Crippen LogP contribution in [0.4, 0.5) is 0 Å². The van der Waals surface area contributed by atoms with Crippen molar-refractivity contribution in [2.75, 3.05) is 13.7 Å². The lowest BCUT2D eigenvalue weighted by Gasteiger charge is -2.22. The molecule has 26 heavy (non-hydrogen) atoms. The van der Waals surface area contributed by atoms with E-state index in [2.05, 4.69) is 15.1 Å². The van der Waals surface area contributed by atoms with E-state index in [1.54, 1.807) is 7.11 Å². The average molecular weight is 358 g/mol. The number of rotatable bonds is 3. The number of carbonyl (C=O) groups is 1. The summed E-state index contributed by atoms with van der Waals surface area (Å²) < 4.78 is 11.1. The number of amides is 1. The van der Waals surface area contributed by atoms with Crippen molar-refractivity contribution in [1.82, 2.24) is 20.0 Å². The maximum atomic E-state index is 13.3. The number of nitrogens with one attached hydrogen (secondary N) is 1. The molecule has 4 rings (SSSR count). The first-order valence-electron chi connectivity index (χ1n) is 9.42. The van der Waals surface area contributed by atoms with Gasteiger partial charge in [-0.3, -0.25) is 4.79 Å². The molecule has 2 aliphatic rings. The van der Waals surface area contributed by atoms with Crippen molar-refractivity contribution in [3.63, 3.8) is 0 Å². The molecular formula is C19H26N4O3. The van der Waals surface area contributed by atoms with Crippen LogP contribution in [0.5, 0.6) is 0 Å². The van der Waals surface area contributed by atoms with Crippen LogP contribution in [0.1, 0.15) is 70.7 Å². The number of imidazole rings is 1. The fraction of sp³-hybridized carbons (Fsp3) is 0.632. The first-order chi connectivity index (χ1) is 12.6. The molecule has 7 heteroatoms. The Balaban J connectivity index is 1.66. The van der Waals surface area contributed by atoms with E-state index < -0.39 is 0 Å². The lowest BCUT2D eigenvalue weighted by molar-refractivity contribution is 0.0673. The van der Waals surface area contributed by atoms with Crippen LogP contribution >= 0.6 is 0 Å². The number of carbonyl (C=O) groups excluding carboxylic acids is 1. The van der Waals surface area contributed by atoms with Crippen LogP contribution in [-0.2, 0) is 17.6 Å². The Morgan fingerprint density at radius 2 is 2.08 bits per heavy atom. The Morgan fingerprint density at radius 3 is 2.81 bits per heavy atom. The Hall–Kier alpha value is -2.15. The minimum absolute atomic E-state index is 0.000155. The molecule has 1 amide bonds. The minimum Gasteiger partial charge on any atom is -0.380 e. The molecule has 1 aliphatic carbocycles. The van der Waals surface area contributed by atoms with E-state index in [-0.39, 0.29) is 18.1 Å². The van der Waals surface area contributed by atoms with Gasteiger partial charge in [0.25, 0.3) is 5.91 Å². The zero-order valence-corrected chi connectivity index (χ0v) is 15.7. The van der Waals surface area contributed by atoms with Crippen molar-refractivity contribution in [2.45, 2.75) is 64.5 Å². The molecule has 1 N–H and O–H groups in total. The van der Waals surface area contributed by atoms with Crippen molar-refractivity contribution < 1.29 is 14.1 Å². The Morgan fingerprint density at radius 1 is 1.27 bits per heavy atom. The van der Waals surface area contributed by atoms with E-state index in [0.717, 1.165) is 60.6 Å². The van der Waals surface area contributed by atoms with Crippen LogP contribution < -0.4 is 0 Å². The van der Waals surface area contributed by atoms with Crippen molar-refractivity contribution in [3.05, 3.63) is 34.2 Å². The minimum atomic E-state index is -0.127. The van der Waals surface area contributed by atoms with Crippen molar-refractivity contribution >= 4 is 5.91 Å². The predicted octanol–water partition coefficient (Wildman–Crippen LogP) is 2.89. The fourth-order valence-corrected chi connectivity index (χ4v) is 4.05. The van der Waals surface area contributed by atoms with Gasteiger partial charge in [-0.15, -0.1) is 0 Å². The molecule has 0 spiro atoms.